The van der Waals surface area contributed by atoms with Crippen molar-refractivity contribution in [3.8, 4) is 5.75 Å². The van der Waals surface area contributed by atoms with E-state index in [1.807, 2.05) is 0 Å². The number of carbonyl (C=O) groups excluding carboxylic acids is 1. The fourth-order valence-corrected chi connectivity index (χ4v) is 5.47. The van der Waals surface area contributed by atoms with Crippen LogP contribution in [0.25, 0.3) is 0 Å². The highest BCUT2D eigenvalue weighted by molar-refractivity contribution is 5.82. The quantitative estimate of drug-likeness (QED) is 0.775. The van der Waals surface area contributed by atoms with E-state index in [0.29, 0.717) is 23.0 Å². The summed E-state index contributed by atoms with van der Waals surface area (Å²) in [5, 5.41) is 0. The van der Waals surface area contributed by atoms with Gasteiger partial charge in [-0.25, -0.2) is 0 Å². The minimum atomic E-state index is 0.294. The molecule has 1 aromatic rings. The first kappa shape index (κ1) is 13.4. The predicted molar refractivity (Wildman–Crippen MR) is 82.6 cm³/mol. The van der Waals surface area contributed by atoms with Crippen molar-refractivity contribution in [3.63, 3.8) is 0 Å². The van der Waals surface area contributed by atoms with E-state index >= 15 is 0 Å². The molecule has 2 nitrogen and oxygen atoms in total. The molecule has 0 unspecified atom stereocenters. The number of ketones is 1. The molecular weight excluding hydrogens is 260 g/mol. The number of carbonyl (C=O) groups is 1. The molecular formula is C19H24O2. The molecule has 0 amide bonds. The maximum Gasteiger partial charge on any atom is 0.133 e. The Hall–Kier alpha value is -1.31. The highest BCUT2D eigenvalue weighted by Gasteiger charge is 2.52. The third-order valence-electron chi connectivity index (χ3n) is 6.50. The molecule has 0 N–H and O–H groups in total. The molecule has 1 aromatic carbocycles. The van der Waals surface area contributed by atoms with Crippen LogP contribution >= 0.6 is 0 Å². The van der Waals surface area contributed by atoms with E-state index in [1.165, 1.54) is 30.4 Å². The minimum absolute atomic E-state index is 0.294. The Labute approximate surface area is 126 Å². The van der Waals surface area contributed by atoms with Gasteiger partial charge in [0.05, 0.1) is 7.11 Å². The van der Waals surface area contributed by atoms with Crippen molar-refractivity contribution in [2.45, 2.75) is 51.4 Å². The molecule has 0 bridgehead atoms. The molecule has 0 heterocycles. The van der Waals surface area contributed by atoms with Crippen LogP contribution in [0.1, 0.15) is 56.1 Å². The summed E-state index contributed by atoms with van der Waals surface area (Å²) in [7, 11) is 1.74. The van der Waals surface area contributed by atoms with Crippen LogP contribution in [-0.2, 0) is 11.2 Å². The van der Waals surface area contributed by atoms with E-state index in [0.717, 1.165) is 30.9 Å². The van der Waals surface area contributed by atoms with E-state index < -0.39 is 0 Å². The second-order valence-corrected chi connectivity index (χ2v) is 7.59. The second-order valence-electron chi connectivity index (χ2n) is 7.59. The molecule has 0 aliphatic heterocycles. The molecule has 2 fully saturated rings. The van der Waals surface area contributed by atoms with Crippen molar-refractivity contribution in [2.24, 2.45) is 17.3 Å². The number of benzene rings is 1. The highest BCUT2D eigenvalue weighted by Crippen LogP contribution is 2.60. The summed E-state index contributed by atoms with van der Waals surface area (Å²) in [4.78, 5) is 12.0. The van der Waals surface area contributed by atoms with E-state index in [1.54, 1.807) is 7.11 Å². The van der Waals surface area contributed by atoms with Crippen molar-refractivity contribution in [2.75, 3.05) is 7.11 Å². The molecule has 3 aliphatic carbocycles. The lowest BCUT2D eigenvalue weighted by molar-refractivity contribution is -0.118. The Morgan fingerprint density at radius 1 is 1.29 bits per heavy atom. The van der Waals surface area contributed by atoms with Gasteiger partial charge in [0.2, 0.25) is 0 Å². The smallest absolute Gasteiger partial charge is 0.133 e. The number of ether oxygens (including phenoxy) is 1. The Morgan fingerprint density at radius 3 is 2.95 bits per heavy atom. The molecule has 21 heavy (non-hydrogen) atoms. The average Bonchev–Trinajstić information content (AvgIpc) is 2.80. The van der Waals surface area contributed by atoms with Crippen LogP contribution < -0.4 is 4.74 Å². The molecule has 112 valence electrons. The minimum Gasteiger partial charge on any atom is -0.497 e. The van der Waals surface area contributed by atoms with Gasteiger partial charge in [0.15, 0.2) is 0 Å². The SMILES string of the molecule is COc1ccc2c(c1)CC[C@@H]1[C@@H]2CC[C@@]2(C)CC(=O)C[C@@H]12. The first-order valence-electron chi connectivity index (χ1n) is 8.29. The van der Waals surface area contributed by atoms with Gasteiger partial charge in [0.1, 0.15) is 11.5 Å². The van der Waals surface area contributed by atoms with Crippen LogP contribution in [0.2, 0.25) is 0 Å². The van der Waals surface area contributed by atoms with Crippen LogP contribution in [0.4, 0.5) is 0 Å². The van der Waals surface area contributed by atoms with Crippen LogP contribution in [0.3, 0.4) is 0 Å². The number of methoxy groups -OCH3 is 1. The summed E-state index contributed by atoms with van der Waals surface area (Å²) in [5.74, 6) is 3.49. The number of Topliss-reactive ketones (excluding diaryl/α,β-unsaturated/α-hetero) is 1. The van der Waals surface area contributed by atoms with Crippen LogP contribution in [0, 0.1) is 17.3 Å². The summed E-state index contributed by atoms with van der Waals surface area (Å²) < 4.78 is 5.37. The Morgan fingerprint density at radius 2 is 2.14 bits per heavy atom. The Kier molecular flexibility index (Phi) is 2.92. The van der Waals surface area contributed by atoms with Gasteiger partial charge in [-0.3, -0.25) is 4.79 Å². The van der Waals surface area contributed by atoms with E-state index in [4.69, 9.17) is 4.74 Å². The van der Waals surface area contributed by atoms with Gasteiger partial charge in [-0.2, -0.15) is 0 Å². The number of hydrogen-bond acceptors (Lipinski definition) is 2. The van der Waals surface area contributed by atoms with Crippen molar-refractivity contribution in [3.05, 3.63) is 29.3 Å². The van der Waals surface area contributed by atoms with Gasteiger partial charge < -0.3 is 4.74 Å². The molecule has 0 aromatic heterocycles. The fourth-order valence-electron chi connectivity index (χ4n) is 5.47. The normalized spacial score (nSPS) is 37.6. The summed E-state index contributed by atoms with van der Waals surface area (Å²) in [5.41, 5.74) is 3.30. The van der Waals surface area contributed by atoms with Crippen molar-refractivity contribution >= 4 is 5.78 Å². The Bertz CT molecular complexity index is 591. The zero-order chi connectivity index (χ0) is 14.6. The molecule has 4 atom stereocenters. The van der Waals surface area contributed by atoms with Crippen LogP contribution in [-0.4, -0.2) is 12.9 Å². The molecule has 2 saturated carbocycles. The summed E-state index contributed by atoms with van der Waals surface area (Å²) >= 11 is 0. The van der Waals surface area contributed by atoms with E-state index in [9.17, 15) is 4.79 Å². The van der Waals surface area contributed by atoms with Crippen molar-refractivity contribution < 1.29 is 9.53 Å². The molecule has 3 aliphatic rings. The lowest BCUT2D eigenvalue weighted by Crippen LogP contribution is -2.39. The fraction of sp³-hybridized carbons (Fsp3) is 0.632. The topological polar surface area (TPSA) is 26.3 Å². The molecule has 0 spiro atoms. The third kappa shape index (κ3) is 1.95. The number of fused-ring (bicyclic) bond motifs is 5. The second kappa shape index (κ2) is 4.59. The lowest BCUT2D eigenvalue weighted by atomic mass is 9.56. The summed E-state index contributed by atoms with van der Waals surface area (Å²) in [6, 6.07) is 6.61. The number of aryl methyl sites for hydroxylation is 1. The van der Waals surface area contributed by atoms with Gasteiger partial charge in [-0.05, 0) is 72.1 Å². The van der Waals surface area contributed by atoms with E-state index in [2.05, 4.69) is 25.1 Å². The largest absolute Gasteiger partial charge is 0.497 e. The maximum absolute atomic E-state index is 12.0. The molecule has 4 rings (SSSR count). The number of hydrogen-bond donors (Lipinski definition) is 0. The van der Waals surface area contributed by atoms with Gasteiger partial charge in [-0.15, -0.1) is 0 Å². The van der Waals surface area contributed by atoms with Crippen LogP contribution in [0.5, 0.6) is 5.75 Å². The van der Waals surface area contributed by atoms with Gasteiger partial charge in [-0.1, -0.05) is 13.0 Å². The number of rotatable bonds is 1. The van der Waals surface area contributed by atoms with Gasteiger partial charge in [0.25, 0.3) is 0 Å². The summed E-state index contributed by atoms with van der Waals surface area (Å²) in [6.07, 6.45) is 6.53. The zero-order valence-corrected chi connectivity index (χ0v) is 13.0. The summed E-state index contributed by atoms with van der Waals surface area (Å²) in [6.45, 7) is 2.36. The molecule has 0 radical (unpaired) electrons. The standard InChI is InChI=1S/C19H24O2/c1-19-8-7-16-15-6-4-14(21-2)9-12(15)3-5-17(16)18(19)10-13(20)11-19/h4,6,9,16-18H,3,5,7-8,10-11H2,1-2H3/t16-,17-,18+,19+/m1/s1. The van der Waals surface area contributed by atoms with E-state index in [-0.39, 0.29) is 0 Å². The van der Waals surface area contributed by atoms with Crippen molar-refractivity contribution in [1.82, 2.24) is 0 Å². The molecule has 2 heteroatoms. The first-order chi connectivity index (χ1) is 10.1. The maximum atomic E-state index is 12.0. The average molecular weight is 284 g/mol. The predicted octanol–water partition coefficient (Wildman–Crippen LogP) is 4.12. The van der Waals surface area contributed by atoms with Gasteiger partial charge in [0, 0.05) is 12.8 Å². The zero-order valence-electron chi connectivity index (χ0n) is 13.0. The van der Waals surface area contributed by atoms with Crippen LogP contribution in [0.15, 0.2) is 18.2 Å². The third-order valence-corrected chi connectivity index (χ3v) is 6.50. The van der Waals surface area contributed by atoms with Gasteiger partial charge >= 0.3 is 0 Å². The molecule has 0 saturated heterocycles. The monoisotopic (exact) mass is 284 g/mol. The lowest BCUT2D eigenvalue weighted by Gasteiger charge is -2.48. The first-order valence-corrected chi connectivity index (χ1v) is 8.29. The highest BCUT2D eigenvalue weighted by atomic mass is 16.5. The van der Waals surface area contributed by atoms with Crippen molar-refractivity contribution in [1.29, 1.82) is 0 Å². The Balaban J connectivity index is 1.69.